The number of nitrogen functional groups attached to an aromatic ring is 1. The number of allylic oxidation sites excluding steroid dienone is 11. The molecule has 4 heterocycles. The lowest BCUT2D eigenvalue weighted by Crippen LogP contribution is -2.44. The summed E-state index contributed by atoms with van der Waals surface area (Å²) in [5.74, 6) is 2.44. The van der Waals surface area contributed by atoms with Crippen molar-refractivity contribution in [1.29, 1.82) is 0 Å². The summed E-state index contributed by atoms with van der Waals surface area (Å²) in [4.78, 5) is 23.2. The number of aryl methyl sites for hydroxylation is 1. The van der Waals surface area contributed by atoms with Crippen LogP contribution < -0.4 is 16.5 Å². The number of para-hydroxylation sites is 1. The van der Waals surface area contributed by atoms with Gasteiger partial charge in [0.05, 0.1) is 23.0 Å². The van der Waals surface area contributed by atoms with Gasteiger partial charge in [-0.2, -0.15) is 0 Å². The minimum atomic E-state index is -0.128. The van der Waals surface area contributed by atoms with E-state index in [9.17, 15) is 4.79 Å². The van der Waals surface area contributed by atoms with Crippen molar-refractivity contribution in [3.8, 4) is 0 Å². The number of hydrogen-bond acceptors (Lipinski definition) is 7. The molecule has 4 N–H and O–H groups in total. The van der Waals surface area contributed by atoms with Crippen LogP contribution in [-0.2, 0) is 17.8 Å². The number of hydrogen-bond donors (Lipinski definition) is 3. The van der Waals surface area contributed by atoms with Gasteiger partial charge in [0.2, 0.25) is 0 Å². The van der Waals surface area contributed by atoms with Crippen molar-refractivity contribution in [3.63, 3.8) is 0 Å². The number of aromatic nitrogens is 3. The minimum absolute atomic E-state index is 0.0847. The van der Waals surface area contributed by atoms with Gasteiger partial charge < -0.3 is 15.6 Å². The summed E-state index contributed by atoms with van der Waals surface area (Å²) in [6, 6.07) is 8.33. The quantitative estimate of drug-likeness (QED) is 0.177. The van der Waals surface area contributed by atoms with Crippen LogP contribution in [0.3, 0.4) is 0 Å². The van der Waals surface area contributed by atoms with Gasteiger partial charge in [-0.3, -0.25) is 10.2 Å². The van der Waals surface area contributed by atoms with Gasteiger partial charge in [-0.25, -0.2) is 15.0 Å². The van der Waals surface area contributed by atoms with Gasteiger partial charge in [-0.1, -0.05) is 105 Å². The lowest BCUT2D eigenvalue weighted by Gasteiger charge is -2.33. The Morgan fingerprint density at radius 1 is 0.939 bits per heavy atom. The molecule has 3 atom stereocenters. The van der Waals surface area contributed by atoms with Crippen LogP contribution in [0.2, 0.25) is 0 Å². The van der Waals surface area contributed by atoms with Crippen LogP contribution in [0.25, 0.3) is 21.9 Å². The molecule has 8 heteroatoms. The number of rotatable bonds is 12. The third kappa shape index (κ3) is 8.55. The molecule has 2 aromatic heterocycles. The number of benzene rings is 1. The van der Waals surface area contributed by atoms with E-state index < -0.39 is 0 Å². The van der Waals surface area contributed by atoms with E-state index in [-0.39, 0.29) is 18.0 Å². The lowest BCUT2D eigenvalue weighted by molar-refractivity contribution is -0.121. The van der Waals surface area contributed by atoms with Gasteiger partial charge in [-0.05, 0) is 56.6 Å². The number of nitrogens with one attached hydrogen (secondary N) is 2. The topological polar surface area (TPSA) is 101 Å². The van der Waals surface area contributed by atoms with E-state index in [1.807, 2.05) is 66.8 Å². The van der Waals surface area contributed by atoms with Crippen molar-refractivity contribution in [3.05, 3.63) is 102 Å². The van der Waals surface area contributed by atoms with E-state index in [0.29, 0.717) is 17.5 Å². The number of nitrogens with two attached hydrogens (primary N) is 1. The molecule has 1 aliphatic carbocycles. The molecular formula is C41H53N7O. The zero-order valence-electron chi connectivity index (χ0n) is 29.2. The number of unbranched alkanes of at least 4 members (excludes halogenated alkanes) is 2. The summed E-state index contributed by atoms with van der Waals surface area (Å²) in [5.41, 5.74) is 14.1. The Morgan fingerprint density at radius 3 is 2.45 bits per heavy atom. The van der Waals surface area contributed by atoms with Gasteiger partial charge in [0, 0.05) is 44.0 Å². The molecule has 0 radical (unpaired) electrons. The van der Waals surface area contributed by atoms with Crippen molar-refractivity contribution >= 4 is 33.5 Å². The fourth-order valence-electron chi connectivity index (χ4n) is 7.55. The number of carbonyl (C=O) groups excluding carboxylic acids is 1. The zero-order valence-corrected chi connectivity index (χ0v) is 29.2. The molecule has 258 valence electrons. The Kier molecular flexibility index (Phi) is 12.1. The zero-order chi connectivity index (χ0) is 34.0. The summed E-state index contributed by atoms with van der Waals surface area (Å²) in [5, 5.41) is 7.13. The number of piperidine rings is 1. The third-order valence-electron chi connectivity index (χ3n) is 10.2. The molecule has 0 saturated carbocycles. The highest BCUT2D eigenvalue weighted by molar-refractivity contribution is 6.06. The van der Waals surface area contributed by atoms with E-state index in [4.69, 9.17) is 10.7 Å². The highest BCUT2D eigenvalue weighted by atomic mass is 16.1. The highest BCUT2D eigenvalue weighted by Crippen LogP contribution is 2.32. The van der Waals surface area contributed by atoms with Gasteiger partial charge >= 0.3 is 0 Å². The van der Waals surface area contributed by atoms with E-state index in [2.05, 4.69) is 63.4 Å². The summed E-state index contributed by atoms with van der Waals surface area (Å²) < 4.78 is 2.46. The number of ketones is 1. The number of pyridine rings is 1. The number of Topliss-reactive ketones (excluding diaryl/α,β-unsaturated/α-hetero) is 1. The Morgan fingerprint density at radius 2 is 1.67 bits per heavy atom. The Labute approximate surface area is 291 Å². The highest BCUT2D eigenvalue weighted by Gasteiger charge is 2.40. The van der Waals surface area contributed by atoms with E-state index in [1.54, 1.807) is 0 Å². The molecule has 0 spiro atoms. The Bertz CT molecular complexity index is 1770. The molecule has 0 amide bonds. The average Bonchev–Trinajstić information content (AvgIpc) is 3.60. The smallest absolute Gasteiger partial charge is 0.158 e. The third-order valence-corrected chi connectivity index (χ3v) is 10.2. The minimum Gasteiger partial charge on any atom is -0.382 e. The van der Waals surface area contributed by atoms with E-state index in [0.717, 1.165) is 111 Å². The van der Waals surface area contributed by atoms with Gasteiger partial charge in [-0.15, -0.1) is 0 Å². The number of imidazole rings is 1. The van der Waals surface area contributed by atoms with Crippen LogP contribution in [0, 0.1) is 11.8 Å². The molecule has 2 aliphatic heterocycles. The Balaban J connectivity index is 0.976. The van der Waals surface area contributed by atoms with Gasteiger partial charge in [0.25, 0.3) is 0 Å². The lowest BCUT2D eigenvalue weighted by atomic mass is 9.88. The summed E-state index contributed by atoms with van der Waals surface area (Å²) in [7, 11) is 0. The second-order valence-electron chi connectivity index (χ2n) is 13.7. The summed E-state index contributed by atoms with van der Waals surface area (Å²) >= 11 is 0. The fraction of sp³-hybridized carbons (Fsp3) is 0.439. The number of anilines is 1. The van der Waals surface area contributed by atoms with Crippen LogP contribution in [0.4, 0.5) is 5.82 Å². The second-order valence-corrected chi connectivity index (χ2v) is 13.7. The Hall–Kier alpha value is -4.11. The van der Waals surface area contributed by atoms with Crippen LogP contribution >= 0.6 is 0 Å². The number of fused-ring (bicyclic) bond motifs is 3. The fourth-order valence-corrected chi connectivity index (χ4v) is 7.55. The molecule has 2 fully saturated rings. The summed E-state index contributed by atoms with van der Waals surface area (Å²) in [6.45, 7) is 8.33. The summed E-state index contributed by atoms with van der Waals surface area (Å²) in [6.07, 6.45) is 30.7. The SMILES string of the molecule is CCCCc1nc2c(N)nc3ccccc3c2n1CC1CCN(NCCCCC2NC(C)C(C3=C/C=C\C=C/C=C\C=C/C=C\3)C2=O)CC1. The molecule has 8 nitrogen and oxygen atoms in total. The maximum Gasteiger partial charge on any atom is 0.158 e. The molecule has 49 heavy (non-hydrogen) atoms. The first-order valence-corrected chi connectivity index (χ1v) is 18.4. The van der Waals surface area contributed by atoms with Crippen molar-refractivity contribution < 1.29 is 4.79 Å². The van der Waals surface area contributed by atoms with Crippen molar-refractivity contribution in [1.82, 2.24) is 30.3 Å². The molecular weight excluding hydrogens is 606 g/mol. The normalized spacial score (nSPS) is 26.6. The number of carbonyl (C=O) groups is 1. The van der Waals surface area contributed by atoms with Crippen molar-refractivity contribution in [2.24, 2.45) is 11.8 Å². The molecule has 3 aromatic rings. The first kappa shape index (κ1) is 34.7. The standard InChI is InChI=1S/C41H53N7O/c1-3-4-23-36-46-38-39(33-20-14-15-21-34(33)45-41(38)42)48(36)29-31-24-27-47(28-25-31)43-26-17-16-22-35-40(49)37(30(2)44-35)32-18-12-10-8-6-5-7-9-11-13-19-32/h5-15,18-21,30-31,35,37,43-44H,3-4,16-17,22-29H2,1-2H3,(H2,42,45)/b6-5-,7-5?,8-6?,9-7-,10-8-,11-9?,12-10?,13-11-,18-12-,19-13?,32-18?,32-19+. The maximum atomic E-state index is 13.5. The van der Waals surface area contributed by atoms with Gasteiger partial charge in [0.1, 0.15) is 11.3 Å². The van der Waals surface area contributed by atoms with Crippen LogP contribution in [-0.4, -0.2) is 57.0 Å². The van der Waals surface area contributed by atoms with Crippen molar-refractivity contribution in [2.75, 3.05) is 25.4 Å². The van der Waals surface area contributed by atoms with E-state index >= 15 is 0 Å². The number of hydrazine groups is 1. The van der Waals surface area contributed by atoms with Crippen LogP contribution in [0.5, 0.6) is 0 Å². The van der Waals surface area contributed by atoms with E-state index in [1.165, 1.54) is 0 Å². The average molecular weight is 660 g/mol. The van der Waals surface area contributed by atoms with Crippen LogP contribution in [0.1, 0.15) is 64.6 Å². The first-order valence-electron chi connectivity index (χ1n) is 18.4. The molecule has 3 aliphatic rings. The van der Waals surface area contributed by atoms with Gasteiger partial charge in [0.15, 0.2) is 11.6 Å². The first-order chi connectivity index (χ1) is 24.0. The van der Waals surface area contributed by atoms with Crippen molar-refractivity contribution in [2.45, 2.75) is 83.8 Å². The molecule has 1 aromatic carbocycles. The molecule has 2 saturated heterocycles. The molecule has 3 unspecified atom stereocenters. The monoisotopic (exact) mass is 659 g/mol. The number of nitrogens with zero attached hydrogens (tertiary/aromatic N) is 4. The molecule has 0 bridgehead atoms. The molecule has 6 rings (SSSR count). The second kappa shape index (κ2) is 17.0. The maximum absolute atomic E-state index is 13.5. The predicted octanol–water partition coefficient (Wildman–Crippen LogP) is 7.16. The van der Waals surface area contributed by atoms with Crippen LogP contribution in [0.15, 0.2) is 96.7 Å². The largest absolute Gasteiger partial charge is 0.382 e. The predicted molar refractivity (Wildman–Crippen MR) is 203 cm³/mol.